The molecule has 6 heteroatoms. The molecule has 1 aliphatic rings. The molecule has 144 valence electrons. The van der Waals surface area contributed by atoms with Crippen molar-refractivity contribution in [2.24, 2.45) is 0 Å². The second-order valence-corrected chi connectivity index (χ2v) is 6.77. The fourth-order valence-corrected chi connectivity index (χ4v) is 2.92. The van der Waals surface area contributed by atoms with Gasteiger partial charge in [-0.05, 0) is 51.5 Å². The molecule has 1 aromatic carbocycles. The lowest BCUT2D eigenvalue weighted by atomic mass is 10.2. The Morgan fingerprint density at radius 1 is 1.19 bits per heavy atom. The van der Waals surface area contributed by atoms with Gasteiger partial charge in [-0.3, -0.25) is 4.79 Å². The van der Waals surface area contributed by atoms with Crippen LogP contribution in [-0.4, -0.2) is 54.8 Å². The number of carbonyl (C=O) groups excluding carboxylic acids is 2. The van der Waals surface area contributed by atoms with Crippen LogP contribution in [0.2, 0.25) is 0 Å². The molecular formula is C20H29NO5. The Bertz CT molecular complexity index is 591. The molecule has 0 radical (unpaired) electrons. The zero-order valence-corrected chi connectivity index (χ0v) is 16.1. The molecule has 0 aliphatic carbocycles. The van der Waals surface area contributed by atoms with Crippen LogP contribution in [0.4, 0.5) is 0 Å². The zero-order chi connectivity index (χ0) is 19.1. The van der Waals surface area contributed by atoms with E-state index in [1.807, 2.05) is 13.8 Å². The molecule has 0 bridgehead atoms. The number of carbonyl (C=O) groups is 2. The first kappa shape index (κ1) is 20.2. The SMILES string of the molecule is CCCCOc1ccc(C(=O)OC(C)C(=O)N2CC(C)OC(C)C2)cc1. The first-order valence-electron chi connectivity index (χ1n) is 9.28. The lowest BCUT2D eigenvalue weighted by molar-refractivity contribution is -0.151. The highest BCUT2D eigenvalue weighted by molar-refractivity contribution is 5.92. The number of esters is 1. The van der Waals surface area contributed by atoms with Crippen LogP contribution in [0, 0.1) is 0 Å². The molecule has 26 heavy (non-hydrogen) atoms. The first-order chi connectivity index (χ1) is 12.4. The average molecular weight is 363 g/mol. The van der Waals surface area contributed by atoms with Gasteiger partial charge in [-0.1, -0.05) is 13.3 Å². The summed E-state index contributed by atoms with van der Waals surface area (Å²) < 4.78 is 16.6. The van der Waals surface area contributed by atoms with Gasteiger partial charge in [-0.25, -0.2) is 4.79 Å². The van der Waals surface area contributed by atoms with Crippen LogP contribution in [-0.2, 0) is 14.3 Å². The van der Waals surface area contributed by atoms with Crippen molar-refractivity contribution in [3.8, 4) is 5.75 Å². The van der Waals surface area contributed by atoms with Crippen molar-refractivity contribution >= 4 is 11.9 Å². The summed E-state index contributed by atoms with van der Waals surface area (Å²) in [4.78, 5) is 26.5. The van der Waals surface area contributed by atoms with Crippen LogP contribution in [0.1, 0.15) is 50.9 Å². The Morgan fingerprint density at radius 3 is 2.38 bits per heavy atom. The van der Waals surface area contributed by atoms with Crippen molar-refractivity contribution in [3.05, 3.63) is 29.8 Å². The van der Waals surface area contributed by atoms with Gasteiger partial charge in [-0.15, -0.1) is 0 Å². The van der Waals surface area contributed by atoms with Crippen molar-refractivity contribution in [1.29, 1.82) is 0 Å². The summed E-state index contributed by atoms with van der Waals surface area (Å²) in [6.45, 7) is 9.23. The molecular weight excluding hydrogens is 334 g/mol. The maximum Gasteiger partial charge on any atom is 0.338 e. The van der Waals surface area contributed by atoms with E-state index in [-0.39, 0.29) is 18.1 Å². The number of ether oxygens (including phenoxy) is 3. The molecule has 6 nitrogen and oxygen atoms in total. The monoisotopic (exact) mass is 363 g/mol. The Kier molecular flexibility index (Phi) is 7.45. The first-order valence-corrected chi connectivity index (χ1v) is 9.28. The molecule has 0 N–H and O–H groups in total. The van der Waals surface area contributed by atoms with Gasteiger partial charge in [0.2, 0.25) is 0 Å². The molecule has 0 aromatic heterocycles. The summed E-state index contributed by atoms with van der Waals surface area (Å²) in [7, 11) is 0. The van der Waals surface area contributed by atoms with Gasteiger partial charge in [0, 0.05) is 13.1 Å². The smallest absolute Gasteiger partial charge is 0.338 e. The highest BCUT2D eigenvalue weighted by Gasteiger charge is 2.30. The van der Waals surface area contributed by atoms with Crippen LogP contribution in [0.3, 0.4) is 0 Å². The van der Waals surface area contributed by atoms with Gasteiger partial charge in [-0.2, -0.15) is 0 Å². The van der Waals surface area contributed by atoms with Crippen molar-refractivity contribution in [3.63, 3.8) is 0 Å². The maximum atomic E-state index is 12.5. The van der Waals surface area contributed by atoms with E-state index in [1.54, 1.807) is 36.1 Å². The molecule has 0 saturated carbocycles. The summed E-state index contributed by atoms with van der Waals surface area (Å²) in [5.41, 5.74) is 0.399. The van der Waals surface area contributed by atoms with Crippen molar-refractivity contribution in [2.45, 2.75) is 58.8 Å². The Labute approximate surface area is 155 Å². The van der Waals surface area contributed by atoms with Crippen molar-refractivity contribution < 1.29 is 23.8 Å². The second kappa shape index (κ2) is 9.57. The molecule has 1 amide bonds. The number of unbranched alkanes of at least 4 members (excludes halogenated alkanes) is 1. The molecule has 1 fully saturated rings. The van der Waals surface area contributed by atoms with E-state index >= 15 is 0 Å². The van der Waals surface area contributed by atoms with Gasteiger partial charge in [0.1, 0.15) is 5.75 Å². The predicted octanol–water partition coefficient (Wildman–Crippen LogP) is 3.05. The minimum Gasteiger partial charge on any atom is -0.494 e. The summed E-state index contributed by atoms with van der Waals surface area (Å²) in [5, 5.41) is 0. The summed E-state index contributed by atoms with van der Waals surface area (Å²) in [5.74, 6) is 0.00982. The number of nitrogens with zero attached hydrogens (tertiary/aromatic N) is 1. The number of benzene rings is 1. The molecule has 3 unspecified atom stereocenters. The van der Waals surface area contributed by atoms with Crippen molar-refractivity contribution in [1.82, 2.24) is 4.90 Å². The fourth-order valence-electron chi connectivity index (χ4n) is 2.92. The molecule has 1 aliphatic heterocycles. The highest BCUT2D eigenvalue weighted by Crippen LogP contribution is 2.16. The molecule has 1 aromatic rings. The molecule has 3 atom stereocenters. The topological polar surface area (TPSA) is 65.1 Å². The van der Waals surface area contributed by atoms with Crippen LogP contribution in [0.5, 0.6) is 5.75 Å². The van der Waals surface area contributed by atoms with E-state index in [0.29, 0.717) is 25.3 Å². The Morgan fingerprint density at radius 2 is 1.81 bits per heavy atom. The van der Waals surface area contributed by atoms with Gasteiger partial charge in [0.25, 0.3) is 5.91 Å². The summed E-state index contributed by atoms with van der Waals surface area (Å²) in [6, 6.07) is 6.79. The van der Waals surface area contributed by atoms with Crippen LogP contribution >= 0.6 is 0 Å². The maximum absolute atomic E-state index is 12.5. The molecule has 1 saturated heterocycles. The van der Waals surface area contributed by atoms with E-state index in [2.05, 4.69) is 6.92 Å². The third-order valence-corrected chi connectivity index (χ3v) is 4.22. The fraction of sp³-hybridized carbons (Fsp3) is 0.600. The predicted molar refractivity (Wildman–Crippen MR) is 98.3 cm³/mol. The van der Waals surface area contributed by atoms with Crippen LogP contribution < -0.4 is 4.74 Å². The lowest BCUT2D eigenvalue weighted by Crippen LogP contribution is -2.51. The quantitative estimate of drug-likeness (QED) is 0.550. The largest absolute Gasteiger partial charge is 0.494 e. The Balaban J connectivity index is 1.88. The van der Waals surface area contributed by atoms with E-state index in [4.69, 9.17) is 14.2 Å². The number of hydrogen-bond donors (Lipinski definition) is 0. The third kappa shape index (κ3) is 5.73. The number of amides is 1. The normalized spacial score (nSPS) is 21.2. The minimum absolute atomic E-state index is 0.0224. The van der Waals surface area contributed by atoms with Crippen molar-refractivity contribution in [2.75, 3.05) is 19.7 Å². The number of rotatable bonds is 7. The van der Waals surface area contributed by atoms with Gasteiger partial charge in [0.05, 0.1) is 24.4 Å². The van der Waals surface area contributed by atoms with Gasteiger partial charge < -0.3 is 19.1 Å². The van der Waals surface area contributed by atoms with E-state index in [1.165, 1.54) is 0 Å². The average Bonchev–Trinajstić information content (AvgIpc) is 2.61. The molecule has 1 heterocycles. The Hall–Kier alpha value is -2.08. The second-order valence-electron chi connectivity index (χ2n) is 6.77. The highest BCUT2D eigenvalue weighted by atomic mass is 16.5. The van der Waals surface area contributed by atoms with E-state index < -0.39 is 12.1 Å². The molecule has 2 rings (SSSR count). The lowest BCUT2D eigenvalue weighted by Gasteiger charge is -2.36. The summed E-state index contributed by atoms with van der Waals surface area (Å²) in [6.07, 6.45) is 1.18. The third-order valence-electron chi connectivity index (χ3n) is 4.22. The minimum atomic E-state index is -0.833. The van der Waals surface area contributed by atoms with Gasteiger partial charge in [0.15, 0.2) is 6.10 Å². The molecule has 0 spiro atoms. The van der Waals surface area contributed by atoms with Gasteiger partial charge >= 0.3 is 5.97 Å². The standard InChI is InChI=1S/C20H29NO5/c1-5-6-11-24-18-9-7-17(8-10-18)20(23)26-16(4)19(22)21-12-14(2)25-15(3)13-21/h7-10,14-16H,5-6,11-13H2,1-4H3. The zero-order valence-electron chi connectivity index (χ0n) is 16.1. The number of hydrogen-bond acceptors (Lipinski definition) is 5. The van der Waals surface area contributed by atoms with Crippen LogP contribution in [0.25, 0.3) is 0 Å². The van der Waals surface area contributed by atoms with E-state index in [0.717, 1.165) is 18.6 Å². The summed E-state index contributed by atoms with van der Waals surface area (Å²) >= 11 is 0. The van der Waals surface area contributed by atoms with Crippen LogP contribution in [0.15, 0.2) is 24.3 Å². The van der Waals surface area contributed by atoms with E-state index in [9.17, 15) is 9.59 Å². The number of morpholine rings is 1.